The Morgan fingerprint density at radius 3 is 2.60 bits per heavy atom. The zero-order valence-electron chi connectivity index (χ0n) is 21.8. The average molecular weight is 575 g/mol. The van der Waals surface area contributed by atoms with E-state index in [1.165, 1.54) is 37.6 Å². The van der Waals surface area contributed by atoms with E-state index in [0.717, 1.165) is 0 Å². The number of nitrogens with zero attached hydrogens (tertiary/aromatic N) is 2. The Morgan fingerprint density at radius 2 is 1.95 bits per heavy atom. The van der Waals surface area contributed by atoms with Gasteiger partial charge in [-0.25, -0.2) is 9.59 Å². The highest BCUT2D eigenvalue weighted by Gasteiger charge is 2.72. The second-order valence-electron chi connectivity index (χ2n) is 10.3. The van der Waals surface area contributed by atoms with Gasteiger partial charge in [-0.1, -0.05) is 0 Å². The molecule has 0 bridgehead atoms. The lowest BCUT2D eigenvalue weighted by atomic mass is 9.82. The number of allylic oxidation sites excluding steroid dienone is 2. The van der Waals surface area contributed by atoms with Crippen LogP contribution in [0.4, 0.5) is 4.79 Å². The smallest absolute Gasteiger partial charge is 0.412 e. The number of piperazine rings is 1. The quantitative estimate of drug-likeness (QED) is 0.149. The maximum atomic E-state index is 13.8. The minimum absolute atomic E-state index is 0.0000483. The van der Waals surface area contributed by atoms with Crippen molar-refractivity contribution in [2.45, 2.75) is 43.5 Å². The van der Waals surface area contributed by atoms with Gasteiger partial charge in [0, 0.05) is 49.1 Å². The summed E-state index contributed by atoms with van der Waals surface area (Å²) in [5.41, 5.74) is -1.11. The highest BCUT2D eigenvalue weighted by atomic mass is 32.2. The molecule has 0 aromatic rings. The predicted molar refractivity (Wildman–Crippen MR) is 134 cm³/mol. The topological polar surface area (TPSA) is 191 Å². The number of β-lactam (4-membered cyclic amide) rings is 1. The number of hydrogen-bond acceptors (Lipinski definition) is 12. The maximum absolute atomic E-state index is 13.8. The molecule has 212 valence electrons. The molecule has 0 saturated carbocycles. The van der Waals surface area contributed by atoms with Crippen LogP contribution in [0.15, 0.2) is 33.8 Å². The fourth-order valence-corrected chi connectivity index (χ4v) is 7.60. The van der Waals surface area contributed by atoms with Gasteiger partial charge in [-0.15, -0.1) is 11.8 Å². The number of alkyl carbamates (subject to hydrolysis) is 1. The molecule has 14 nitrogen and oxygen atoms in total. The summed E-state index contributed by atoms with van der Waals surface area (Å²) in [4.78, 5) is 78.5. The van der Waals surface area contributed by atoms with E-state index in [-0.39, 0.29) is 76.0 Å². The average Bonchev–Trinajstić information content (AvgIpc) is 3.52. The number of fused-ring (bicyclic) bond motifs is 5. The number of nitrogens with one attached hydrogen (secondary N) is 2. The van der Waals surface area contributed by atoms with E-state index in [9.17, 15) is 33.9 Å². The number of rotatable bonds is 7. The van der Waals surface area contributed by atoms with Crippen molar-refractivity contribution in [3.63, 3.8) is 0 Å². The summed E-state index contributed by atoms with van der Waals surface area (Å²) in [6, 6.07) is -0.130. The minimum Gasteiger partial charge on any atom is -0.477 e. The molecule has 1 aliphatic carbocycles. The third-order valence-electron chi connectivity index (χ3n) is 8.23. The Labute approximate surface area is 231 Å². The van der Waals surface area contributed by atoms with Crippen molar-refractivity contribution in [1.29, 1.82) is 0 Å². The SMILES string of the molecule is COC12[C@H](COC(C)=O)C3=C(C(=O)C(C)=C(NC(=O)OCC4=C(C(=O)O)N5C(=O)CC5SC4)C3=O)N1C[C@@H]1N[C@@H]12. The first-order chi connectivity index (χ1) is 19.0. The van der Waals surface area contributed by atoms with Crippen LogP contribution in [0.3, 0.4) is 0 Å². The van der Waals surface area contributed by atoms with Crippen LogP contribution in [0.2, 0.25) is 0 Å². The minimum atomic E-state index is -1.30. The van der Waals surface area contributed by atoms with E-state index in [1.54, 1.807) is 4.90 Å². The van der Waals surface area contributed by atoms with Gasteiger partial charge in [-0.3, -0.25) is 29.4 Å². The number of hydrogen-bond donors (Lipinski definition) is 3. The van der Waals surface area contributed by atoms with Gasteiger partial charge in [-0.05, 0) is 6.92 Å². The molecular formula is C25H26N4O10S. The Hall–Kier alpha value is -3.69. The first kappa shape index (κ1) is 26.5. The second-order valence-corrected chi connectivity index (χ2v) is 11.5. The van der Waals surface area contributed by atoms with Gasteiger partial charge in [0.15, 0.2) is 5.72 Å². The number of carboxylic acid groups (broad SMARTS) is 1. The number of ether oxygens (including phenoxy) is 3. The molecule has 0 radical (unpaired) electrons. The molecule has 0 aromatic carbocycles. The number of carbonyl (C=O) groups is 6. The van der Waals surface area contributed by atoms with Crippen molar-refractivity contribution in [3.05, 3.63) is 33.8 Å². The van der Waals surface area contributed by atoms with E-state index < -0.39 is 47.8 Å². The monoisotopic (exact) mass is 574 g/mol. The van der Waals surface area contributed by atoms with E-state index in [2.05, 4.69) is 10.6 Å². The van der Waals surface area contributed by atoms with Gasteiger partial charge >= 0.3 is 18.0 Å². The van der Waals surface area contributed by atoms with Crippen LogP contribution in [-0.4, -0.2) is 106 Å². The Kier molecular flexibility index (Phi) is 6.08. The molecule has 3 saturated heterocycles. The molecule has 5 aliphatic heterocycles. The van der Waals surface area contributed by atoms with Crippen molar-refractivity contribution in [3.8, 4) is 0 Å². The molecule has 2 unspecified atom stereocenters. The molecule has 3 N–H and O–H groups in total. The van der Waals surface area contributed by atoms with Crippen molar-refractivity contribution in [1.82, 2.24) is 20.4 Å². The maximum Gasteiger partial charge on any atom is 0.412 e. The van der Waals surface area contributed by atoms with Crippen LogP contribution in [-0.2, 0) is 38.2 Å². The number of methoxy groups -OCH3 is 1. The Balaban J connectivity index is 1.23. The van der Waals surface area contributed by atoms with Crippen LogP contribution in [0.25, 0.3) is 0 Å². The summed E-state index contributed by atoms with van der Waals surface area (Å²) < 4.78 is 16.5. The van der Waals surface area contributed by atoms with Gasteiger partial charge in [0.25, 0.3) is 0 Å². The number of Topliss-reactive ketones (excluding diaryl/α,β-unsaturated/α-hetero) is 2. The summed E-state index contributed by atoms with van der Waals surface area (Å²) in [6.07, 6.45) is -0.825. The van der Waals surface area contributed by atoms with Crippen LogP contribution in [0.1, 0.15) is 20.3 Å². The number of amides is 2. The molecule has 5 heterocycles. The number of aliphatic carboxylic acids is 1. The van der Waals surface area contributed by atoms with Crippen molar-refractivity contribution in [2.75, 3.05) is 32.6 Å². The highest BCUT2D eigenvalue weighted by Crippen LogP contribution is 2.55. The van der Waals surface area contributed by atoms with E-state index in [1.807, 2.05) is 0 Å². The molecule has 5 atom stereocenters. The summed E-state index contributed by atoms with van der Waals surface area (Å²) in [5.74, 6) is -3.84. The number of ketones is 2. The van der Waals surface area contributed by atoms with Gasteiger partial charge in [0.05, 0.1) is 35.1 Å². The summed E-state index contributed by atoms with van der Waals surface area (Å²) in [6.45, 7) is 2.44. The molecule has 0 spiro atoms. The lowest BCUT2D eigenvalue weighted by molar-refractivity contribution is -0.156. The number of carboxylic acids is 1. The summed E-state index contributed by atoms with van der Waals surface area (Å²) in [7, 11) is 1.47. The molecule has 2 amide bonds. The molecule has 3 fully saturated rings. The summed E-state index contributed by atoms with van der Waals surface area (Å²) in [5, 5.41) is 15.0. The van der Waals surface area contributed by atoms with Gasteiger partial charge in [0.2, 0.25) is 17.5 Å². The summed E-state index contributed by atoms with van der Waals surface area (Å²) >= 11 is 1.37. The van der Waals surface area contributed by atoms with Crippen LogP contribution >= 0.6 is 11.8 Å². The lowest BCUT2D eigenvalue weighted by Gasteiger charge is -2.43. The predicted octanol–water partition coefficient (Wildman–Crippen LogP) is -0.772. The van der Waals surface area contributed by atoms with E-state index in [0.29, 0.717) is 6.54 Å². The van der Waals surface area contributed by atoms with Crippen molar-refractivity contribution in [2.24, 2.45) is 5.92 Å². The molecule has 40 heavy (non-hydrogen) atoms. The molecule has 6 rings (SSSR count). The normalized spacial score (nSPS) is 31.9. The third-order valence-corrected chi connectivity index (χ3v) is 9.51. The zero-order chi connectivity index (χ0) is 28.7. The Bertz CT molecular complexity index is 1400. The highest BCUT2D eigenvalue weighted by molar-refractivity contribution is 8.00. The molecule has 0 aromatic heterocycles. The second kappa shape index (κ2) is 9.17. The first-order valence-electron chi connectivity index (χ1n) is 12.6. The van der Waals surface area contributed by atoms with Gasteiger partial charge in [0.1, 0.15) is 18.9 Å². The fourth-order valence-electron chi connectivity index (χ4n) is 6.36. The number of thioether (sulfide) groups is 1. The zero-order valence-corrected chi connectivity index (χ0v) is 22.6. The van der Waals surface area contributed by atoms with E-state index in [4.69, 9.17) is 14.2 Å². The number of esters is 1. The molecule has 6 aliphatic rings. The molecular weight excluding hydrogens is 548 g/mol. The van der Waals surface area contributed by atoms with Crippen molar-refractivity contribution < 1.29 is 48.1 Å². The number of carbonyl (C=O) groups excluding carboxylic acids is 5. The van der Waals surface area contributed by atoms with E-state index >= 15 is 0 Å². The fraction of sp³-hybridized carbons (Fsp3) is 0.520. The van der Waals surface area contributed by atoms with Gasteiger partial charge < -0.3 is 29.5 Å². The standard InChI is InChI=1S/C25H26N4O10S/c1-9-17(27-24(36)39-6-11-8-40-15-4-14(31)29(15)18(11)23(34)35)21(33)16-12(7-38-10(2)30)25(37-3)22-13(26-22)5-28(25)19(16)20(9)32/h12-13,15,22,26H,4-8H2,1-3H3,(H,27,36)(H,34,35)/t12-,13+,15?,22+,25?/m1/s1. The van der Waals surface area contributed by atoms with Crippen LogP contribution in [0, 0.1) is 5.92 Å². The van der Waals surface area contributed by atoms with Crippen LogP contribution < -0.4 is 10.6 Å². The van der Waals surface area contributed by atoms with Gasteiger partial charge in [-0.2, -0.15) is 0 Å². The van der Waals surface area contributed by atoms with Crippen molar-refractivity contribution >= 4 is 47.3 Å². The first-order valence-corrected chi connectivity index (χ1v) is 13.7. The lowest BCUT2D eigenvalue weighted by Crippen LogP contribution is -2.55. The molecule has 15 heteroatoms. The third kappa shape index (κ3) is 3.64. The van der Waals surface area contributed by atoms with Crippen LogP contribution in [0.5, 0.6) is 0 Å². The Morgan fingerprint density at radius 1 is 1.20 bits per heavy atom. The largest absolute Gasteiger partial charge is 0.477 e.